The smallest absolute Gasteiger partial charge is 0.0619 e. The zero-order chi connectivity index (χ0) is 30.3. The third kappa shape index (κ3) is 4.42. The van der Waals surface area contributed by atoms with Crippen molar-refractivity contribution in [3.05, 3.63) is 126 Å². The Labute approximate surface area is 267 Å². The van der Waals surface area contributed by atoms with Gasteiger partial charge in [-0.05, 0) is 119 Å². The maximum atomic E-state index is 2.50. The summed E-state index contributed by atoms with van der Waals surface area (Å²) >= 11 is 0. The lowest BCUT2D eigenvalue weighted by Crippen LogP contribution is -2.48. The Morgan fingerprint density at radius 3 is 1.89 bits per heavy atom. The van der Waals surface area contributed by atoms with Crippen LogP contribution in [0.25, 0.3) is 49.7 Å². The molecule has 4 bridgehead atoms. The lowest BCUT2D eigenvalue weighted by atomic mass is 9.48. The molecular weight excluding hydrogens is 542 g/mol. The van der Waals surface area contributed by atoms with Gasteiger partial charge in [0, 0.05) is 22.0 Å². The molecule has 0 unspecified atom stereocenters. The van der Waals surface area contributed by atoms with E-state index < -0.39 is 0 Å². The molecule has 0 saturated heterocycles. The average molecular weight is 586 g/mol. The first kappa shape index (κ1) is 27.2. The molecule has 224 valence electrons. The number of fused-ring (bicyclic) bond motifs is 3. The fourth-order valence-corrected chi connectivity index (χ4v) is 9.96. The van der Waals surface area contributed by atoms with Gasteiger partial charge >= 0.3 is 0 Å². The van der Waals surface area contributed by atoms with Crippen molar-refractivity contribution in [3.63, 3.8) is 0 Å². The van der Waals surface area contributed by atoms with Crippen molar-refractivity contribution in [3.8, 4) is 27.9 Å². The topological polar surface area (TPSA) is 4.93 Å². The van der Waals surface area contributed by atoms with Crippen molar-refractivity contribution in [2.24, 2.45) is 17.8 Å². The molecule has 10 rings (SSSR count). The lowest BCUT2D eigenvalue weighted by Gasteiger charge is -2.57. The largest absolute Gasteiger partial charge is 0.309 e. The zero-order valence-corrected chi connectivity index (χ0v) is 26.9. The molecule has 1 heterocycles. The highest BCUT2D eigenvalue weighted by molar-refractivity contribution is 6.13. The molecule has 4 saturated carbocycles. The summed E-state index contributed by atoms with van der Waals surface area (Å²) < 4.78 is 2.46. The first-order valence-corrected chi connectivity index (χ1v) is 17.2. The number of nitrogens with zero attached hydrogens (tertiary/aromatic N) is 1. The maximum Gasteiger partial charge on any atom is 0.0619 e. The van der Waals surface area contributed by atoms with Gasteiger partial charge in [0.15, 0.2) is 0 Å². The highest BCUT2D eigenvalue weighted by Gasteiger charge is 2.51. The first-order chi connectivity index (χ1) is 21.8. The van der Waals surface area contributed by atoms with Crippen molar-refractivity contribution >= 4 is 21.8 Å². The van der Waals surface area contributed by atoms with E-state index in [9.17, 15) is 0 Å². The third-order valence-electron chi connectivity index (χ3n) is 11.7. The maximum absolute atomic E-state index is 2.50. The minimum Gasteiger partial charge on any atom is -0.309 e. The molecule has 0 spiro atoms. The van der Waals surface area contributed by atoms with Crippen molar-refractivity contribution in [1.29, 1.82) is 0 Å². The van der Waals surface area contributed by atoms with Crippen molar-refractivity contribution in [2.45, 2.75) is 70.1 Å². The van der Waals surface area contributed by atoms with E-state index in [1.807, 2.05) is 0 Å². The van der Waals surface area contributed by atoms with Gasteiger partial charge in [-0.3, -0.25) is 0 Å². The van der Waals surface area contributed by atoms with Crippen LogP contribution >= 0.6 is 0 Å². The van der Waals surface area contributed by atoms with Gasteiger partial charge in [0.25, 0.3) is 0 Å². The molecule has 4 aliphatic rings. The standard InChI is InChI=1S/C44H43N/c1-43(2,3)36-24-33(32-16-18-35(19-17-32)44-26-29-20-30(27-44)22-31(21-29)28-44)23-34(25-36)38-13-9-14-40-39-12-7-8-15-41(39)45(42(38)40)37-10-5-4-6-11-37/h4-19,23-25,29-31H,20-22,26-28H2,1-3H3. The van der Waals surface area contributed by atoms with Gasteiger partial charge in [0.2, 0.25) is 0 Å². The van der Waals surface area contributed by atoms with Crippen molar-refractivity contribution in [1.82, 2.24) is 4.57 Å². The molecule has 4 fully saturated rings. The fraction of sp³-hybridized carbons (Fsp3) is 0.318. The SMILES string of the molecule is CC(C)(C)c1cc(-c2ccc(C34CC5CC(CC(C5)C3)C4)cc2)cc(-c2cccc3c4ccccc4n(-c4ccccc4)c23)c1. The van der Waals surface area contributed by atoms with Crippen LogP contribution in [0, 0.1) is 17.8 Å². The van der Waals surface area contributed by atoms with Gasteiger partial charge in [-0.25, -0.2) is 0 Å². The third-order valence-corrected chi connectivity index (χ3v) is 11.7. The highest BCUT2D eigenvalue weighted by Crippen LogP contribution is 2.60. The molecule has 0 aliphatic heterocycles. The Kier molecular flexibility index (Phi) is 6.02. The van der Waals surface area contributed by atoms with Gasteiger partial charge in [0.05, 0.1) is 11.0 Å². The summed E-state index contributed by atoms with van der Waals surface area (Å²) in [6.45, 7) is 7.02. The van der Waals surface area contributed by atoms with E-state index >= 15 is 0 Å². The Bertz CT molecular complexity index is 2020. The van der Waals surface area contributed by atoms with Crippen LogP contribution in [0.3, 0.4) is 0 Å². The van der Waals surface area contributed by atoms with Crippen LogP contribution in [0.5, 0.6) is 0 Å². The van der Waals surface area contributed by atoms with Crippen LogP contribution in [0.15, 0.2) is 115 Å². The van der Waals surface area contributed by atoms with E-state index in [0.717, 1.165) is 17.8 Å². The van der Waals surface area contributed by atoms with E-state index in [2.05, 4.69) is 141 Å². The monoisotopic (exact) mass is 585 g/mol. The van der Waals surface area contributed by atoms with E-state index in [-0.39, 0.29) is 5.41 Å². The molecule has 45 heavy (non-hydrogen) atoms. The van der Waals surface area contributed by atoms with Gasteiger partial charge in [-0.2, -0.15) is 0 Å². The van der Waals surface area contributed by atoms with Crippen molar-refractivity contribution < 1.29 is 0 Å². The minimum atomic E-state index is 0.0317. The van der Waals surface area contributed by atoms with Crippen LogP contribution in [0.1, 0.15) is 70.4 Å². The van der Waals surface area contributed by atoms with Crippen LogP contribution in [0.2, 0.25) is 0 Å². The molecule has 0 N–H and O–H groups in total. The number of hydrogen-bond acceptors (Lipinski definition) is 0. The first-order valence-electron chi connectivity index (χ1n) is 17.2. The summed E-state index contributed by atoms with van der Waals surface area (Å²) in [7, 11) is 0. The van der Waals surface area contributed by atoms with Crippen molar-refractivity contribution in [2.75, 3.05) is 0 Å². The molecule has 4 aliphatic carbocycles. The predicted molar refractivity (Wildman–Crippen MR) is 190 cm³/mol. The number of benzene rings is 5. The van der Waals surface area contributed by atoms with Gasteiger partial charge in [-0.1, -0.05) is 112 Å². The summed E-state index contributed by atoms with van der Waals surface area (Å²) in [5, 5.41) is 2.60. The average Bonchev–Trinajstić information content (AvgIpc) is 3.39. The highest BCUT2D eigenvalue weighted by atomic mass is 15.0. The Morgan fingerprint density at radius 2 is 1.20 bits per heavy atom. The molecule has 1 aromatic heterocycles. The van der Waals surface area contributed by atoms with Gasteiger partial charge in [-0.15, -0.1) is 0 Å². The van der Waals surface area contributed by atoms with Gasteiger partial charge < -0.3 is 4.57 Å². The predicted octanol–water partition coefficient (Wildman–Crippen LogP) is 11.9. The quantitative estimate of drug-likeness (QED) is 0.194. The second kappa shape index (κ2) is 9.95. The number of aromatic nitrogens is 1. The number of hydrogen-bond donors (Lipinski definition) is 0. The molecule has 0 atom stereocenters. The summed E-state index contributed by atoms with van der Waals surface area (Å²) in [6, 6.07) is 43.7. The molecule has 0 radical (unpaired) electrons. The normalized spacial score (nSPS) is 24.1. The lowest BCUT2D eigenvalue weighted by molar-refractivity contribution is -0.00518. The molecule has 0 amide bonds. The zero-order valence-electron chi connectivity index (χ0n) is 26.9. The summed E-state index contributed by atoms with van der Waals surface area (Å²) in [5.41, 5.74) is 12.4. The fourth-order valence-electron chi connectivity index (χ4n) is 9.96. The van der Waals surface area contributed by atoms with Crippen LogP contribution in [0.4, 0.5) is 0 Å². The second-order valence-corrected chi connectivity index (χ2v) is 15.7. The summed E-state index contributed by atoms with van der Waals surface area (Å²) in [6.07, 6.45) is 8.74. The Morgan fingerprint density at radius 1 is 0.578 bits per heavy atom. The van der Waals surface area contributed by atoms with E-state index in [1.165, 1.54) is 93.8 Å². The Hall–Kier alpha value is -4.10. The van der Waals surface area contributed by atoms with Crippen LogP contribution in [-0.4, -0.2) is 4.57 Å². The molecule has 1 nitrogen and oxygen atoms in total. The van der Waals surface area contributed by atoms with Gasteiger partial charge in [0.1, 0.15) is 0 Å². The molecule has 1 heteroatoms. The van der Waals surface area contributed by atoms with E-state index in [1.54, 1.807) is 5.56 Å². The molecule has 6 aromatic rings. The number of rotatable bonds is 4. The van der Waals surface area contributed by atoms with E-state index in [4.69, 9.17) is 0 Å². The minimum absolute atomic E-state index is 0.0317. The summed E-state index contributed by atoms with van der Waals surface area (Å²) in [5.74, 6) is 2.91. The molecule has 5 aromatic carbocycles. The second-order valence-electron chi connectivity index (χ2n) is 15.7. The summed E-state index contributed by atoms with van der Waals surface area (Å²) in [4.78, 5) is 0. The number of para-hydroxylation sites is 3. The van der Waals surface area contributed by atoms with Crippen LogP contribution < -0.4 is 0 Å². The van der Waals surface area contributed by atoms with E-state index in [0.29, 0.717) is 5.41 Å². The Balaban J connectivity index is 1.20. The van der Waals surface area contributed by atoms with Crippen LogP contribution in [-0.2, 0) is 10.8 Å². The molecular formula is C44H43N.